The highest BCUT2D eigenvalue weighted by Gasteiger charge is 2.33. The first kappa shape index (κ1) is 20.0. The molecule has 2 heterocycles. The van der Waals surface area contributed by atoms with Gasteiger partial charge in [-0.2, -0.15) is 5.10 Å². The van der Waals surface area contributed by atoms with Gasteiger partial charge in [-0.15, -0.1) is 13.2 Å². The molecule has 1 aliphatic rings. The average molecular weight is 417 g/mol. The van der Waals surface area contributed by atoms with E-state index in [0.29, 0.717) is 12.2 Å². The Kier molecular flexibility index (Phi) is 5.50. The van der Waals surface area contributed by atoms with Crippen molar-refractivity contribution in [2.24, 2.45) is 0 Å². The number of nitrogens with zero attached hydrogens (tertiary/aromatic N) is 3. The molecule has 3 rings (SSSR count). The van der Waals surface area contributed by atoms with Gasteiger partial charge in [-0.3, -0.25) is 9.59 Å². The van der Waals surface area contributed by atoms with Crippen LogP contribution in [-0.2, 0) is 11.3 Å². The van der Waals surface area contributed by atoms with E-state index >= 15 is 0 Å². The Morgan fingerprint density at radius 1 is 1.25 bits per heavy atom. The number of piperazine rings is 1. The summed E-state index contributed by atoms with van der Waals surface area (Å²) in [6.45, 7) is 1.95. The summed E-state index contributed by atoms with van der Waals surface area (Å²) in [7, 11) is 0. The van der Waals surface area contributed by atoms with Gasteiger partial charge in [0.05, 0.1) is 17.3 Å². The standard InChI is InChI=1S/C17H16ClF3N4O3/c1-10-14(18)15(16(27)23-22-10)25-7-6-24(13(26)9-25)8-11-4-2-3-5-12(11)28-17(19,20)21/h2-5H,6-9H2,1H3,(H,23,27). The van der Waals surface area contributed by atoms with E-state index in [0.717, 1.165) is 0 Å². The van der Waals surface area contributed by atoms with Crippen LogP contribution in [0.25, 0.3) is 0 Å². The number of aromatic nitrogens is 2. The maximum Gasteiger partial charge on any atom is 0.573 e. The predicted octanol–water partition coefficient (Wildman–Crippen LogP) is 2.48. The fraction of sp³-hybridized carbons (Fsp3) is 0.353. The van der Waals surface area contributed by atoms with Crippen molar-refractivity contribution in [1.82, 2.24) is 15.1 Å². The van der Waals surface area contributed by atoms with Gasteiger partial charge in [0, 0.05) is 25.2 Å². The van der Waals surface area contributed by atoms with Crippen molar-refractivity contribution in [3.05, 3.63) is 50.9 Å². The largest absolute Gasteiger partial charge is 0.573 e. The first-order chi connectivity index (χ1) is 13.2. The third kappa shape index (κ3) is 4.38. The minimum atomic E-state index is -4.82. The zero-order chi connectivity index (χ0) is 20.5. The Balaban J connectivity index is 1.75. The molecule has 11 heteroatoms. The number of aromatic amines is 1. The van der Waals surface area contributed by atoms with Crippen LogP contribution in [0.2, 0.25) is 5.02 Å². The molecule has 0 spiro atoms. The van der Waals surface area contributed by atoms with Gasteiger partial charge in [-0.1, -0.05) is 29.8 Å². The summed E-state index contributed by atoms with van der Waals surface area (Å²) in [5.41, 5.74) is 0.297. The molecule has 1 fully saturated rings. The summed E-state index contributed by atoms with van der Waals surface area (Å²) in [5, 5.41) is 6.25. The third-order valence-corrected chi connectivity index (χ3v) is 4.71. The second kappa shape index (κ2) is 7.70. The van der Waals surface area contributed by atoms with Gasteiger partial charge in [-0.25, -0.2) is 5.10 Å². The molecular formula is C17H16ClF3N4O3. The highest BCUT2D eigenvalue weighted by molar-refractivity contribution is 6.33. The molecule has 0 aliphatic carbocycles. The van der Waals surface area contributed by atoms with Gasteiger partial charge < -0.3 is 14.5 Å². The van der Waals surface area contributed by atoms with Crippen molar-refractivity contribution in [2.45, 2.75) is 19.8 Å². The number of nitrogens with one attached hydrogen (secondary N) is 1. The number of carbonyl (C=O) groups is 1. The molecule has 0 atom stereocenters. The molecule has 1 aromatic heterocycles. The number of carbonyl (C=O) groups excluding carboxylic acids is 1. The number of aryl methyl sites for hydroxylation is 1. The van der Waals surface area contributed by atoms with Crippen LogP contribution in [0.15, 0.2) is 29.1 Å². The molecule has 150 valence electrons. The number of para-hydroxylation sites is 1. The van der Waals surface area contributed by atoms with E-state index in [1.54, 1.807) is 13.0 Å². The number of ether oxygens (including phenoxy) is 1. The topological polar surface area (TPSA) is 78.5 Å². The van der Waals surface area contributed by atoms with Gasteiger partial charge in [-0.05, 0) is 13.0 Å². The zero-order valence-electron chi connectivity index (χ0n) is 14.7. The first-order valence-electron chi connectivity index (χ1n) is 8.27. The molecule has 1 aliphatic heterocycles. The summed E-state index contributed by atoms with van der Waals surface area (Å²) in [4.78, 5) is 27.5. The monoisotopic (exact) mass is 416 g/mol. The second-order valence-corrected chi connectivity index (χ2v) is 6.57. The highest BCUT2D eigenvalue weighted by atomic mass is 35.5. The smallest absolute Gasteiger partial charge is 0.405 e. The first-order valence-corrected chi connectivity index (χ1v) is 8.64. The number of rotatable bonds is 4. The summed E-state index contributed by atoms with van der Waals surface area (Å²) in [6.07, 6.45) is -4.82. The number of hydrogen-bond acceptors (Lipinski definition) is 5. The van der Waals surface area contributed by atoms with Crippen LogP contribution >= 0.6 is 11.6 Å². The maximum atomic E-state index is 12.6. The molecule has 0 bridgehead atoms. The maximum absolute atomic E-state index is 12.6. The molecule has 1 saturated heterocycles. The molecular weight excluding hydrogens is 401 g/mol. The van der Waals surface area contributed by atoms with E-state index in [9.17, 15) is 22.8 Å². The molecule has 0 unspecified atom stereocenters. The van der Waals surface area contributed by atoms with Gasteiger partial charge in [0.25, 0.3) is 5.56 Å². The predicted molar refractivity (Wildman–Crippen MR) is 95.4 cm³/mol. The quantitative estimate of drug-likeness (QED) is 0.828. The zero-order valence-corrected chi connectivity index (χ0v) is 15.5. The van der Waals surface area contributed by atoms with Crippen molar-refractivity contribution < 1.29 is 22.7 Å². The Bertz CT molecular complexity index is 948. The SMILES string of the molecule is Cc1n[nH]c(=O)c(N2CCN(Cc3ccccc3OC(F)(F)F)C(=O)C2)c1Cl. The lowest BCUT2D eigenvalue weighted by Gasteiger charge is -2.35. The number of alkyl halides is 3. The van der Waals surface area contributed by atoms with Crippen LogP contribution < -0.4 is 15.2 Å². The lowest BCUT2D eigenvalue weighted by molar-refractivity contribution is -0.275. The van der Waals surface area contributed by atoms with Gasteiger partial charge in [0.1, 0.15) is 11.4 Å². The van der Waals surface area contributed by atoms with Crippen molar-refractivity contribution >= 4 is 23.2 Å². The molecule has 28 heavy (non-hydrogen) atoms. The van der Waals surface area contributed by atoms with E-state index in [-0.39, 0.29) is 47.6 Å². The minimum Gasteiger partial charge on any atom is -0.405 e. The summed E-state index contributed by atoms with van der Waals surface area (Å²) in [5.74, 6) is -0.701. The van der Waals surface area contributed by atoms with Crippen LogP contribution in [0, 0.1) is 6.92 Å². The van der Waals surface area contributed by atoms with E-state index in [4.69, 9.17) is 11.6 Å². The van der Waals surface area contributed by atoms with Gasteiger partial charge in [0.15, 0.2) is 0 Å². The number of hydrogen-bond donors (Lipinski definition) is 1. The van der Waals surface area contributed by atoms with Crippen molar-refractivity contribution in [1.29, 1.82) is 0 Å². The summed E-state index contributed by atoms with van der Waals surface area (Å²) < 4.78 is 41.7. The molecule has 7 nitrogen and oxygen atoms in total. The van der Waals surface area contributed by atoms with Gasteiger partial charge >= 0.3 is 6.36 Å². The van der Waals surface area contributed by atoms with Crippen LogP contribution in [0.3, 0.4) is 0 Å². The van der Waals surface area contributed by atoms with E-state index in [1.165, 1.54) is 28.0 Å². The lowest BCUT2D eigenvalue weighted by atomic mass is 10.1. The fourth-order valence-corrected chi connectivity index (χ4v) is 3.17. The van der Waals surface area contributed by atoms with Crippen molar-refractivity contribution in [3.8, 4) is 5.75 Å². The normalized spacial score (nSPS) is 15.1. The number of anilines is 1. The van der Waals surface area contributed by atoms with E-state index in [2.05, 4.69) is 14.9 Å². The molecule has 2 aromatic rings. The second-order valence-electron chi connectivity index (χ2n) is 6.19. The van der Waals surface area contributed by atoms with Crippen LogP contribution in [0.4, 0.5) is 18.9 Å². The fourth-order valence-electron chi connectivity index (χ4n) is 2.92. The minimum absolute atomic E-state index is 0.0433. The highest BCUT2D eigenvalue weighted by Crippen LogP contribution is 2.28. The number of H-pyrrole nitrogens is 1. The Morgan fingerprint density at radius 3 is 2.64 bits per heavy atom. The molecule has 1 N–H and O–H groups in total. The van der Waals surface area contributed by atoms with Crippen LogP contribution in [0.5, 0.6) is 5.75 Å². The van der Waals surface area contributed by atoms with Crippen LogP contribution in [0.1, 0.15) is 11.3 Å². The molecule has 1 aromatic carbocycles. The Labute approximate surface area is 162 Å². The molecule has 0 saturated carbocycles. The lowest BCUT2D eigenvalue weighted by Crippen LogP contribution is -2.51. The Hall–Kier alpha value is -2.75. The molecule has 0 radical (unpaired) electrons. The number of benzene rings is 1. The van der Waals surface area contributed by atoms with E-state index < -0.39 is 11.9 Å². The van der Waals surface area contributed by atoms with E-state index in [1.807, 2.05) is 0 Å². The summed E-state index contributed by atoms with van der Waals surface area (Å²) in [6, 6.07) is 5.65. The van der Waals surface area contributed by atoms with Crippen molar-refractivity contribution in [2.75, 3.05) is 24.5 Å². The number of halogens is 4. The Morgan fingerprint density at radius 2 is 1.96 bits per heavy atom. The van der Waals surface area contributed by atoms with Crippen molar-refractivity contribution in [3.63, 3.8) is 0 Å². The van der Waals surface area contributed by atoms with Gasteiger partial charge in [0.2, 0.25) is 5.91 Å². The van der Waals surface area contributed by atoms with Crippen LogP contribution in [-0.4, -0.2) is 47.0 Å². The third-order valence-electron chi connectivity index (χ3n) is 4.26. The summed E-state index contributed by atoms with van der Waals surface area (Å²) >= 11 is 6.16. The number of amides is 1. The average Bonchev–Trinajstić information content (AvgIpc) is 2.61. The molecule has 1 amide bonds.